The molecule has 0 aromatic carbocycles. The van der Waals surface area contributed by atoms with Gasteiger partial charge >= 0.3 is 12.3 Å². The van der Waals surface area contributed by atoms with Crippen LogP contribution in [0.25, 0.3) is 0 Å². The second-order valence-corrected chi connectivity index (χ2v) is 11.9. The van der Waals surface area contributed by atoms with Crippen LogP contribution in [0.15, 0.2) is 18.3 Å². The van der Waals surface area contributed by atoms with Crippen molar-refractivity contribution in [3.05, 3.63) is 23.9 Å². The lowest BCUT2D eigenvalue weighted by Gasteiger charge is -2.29. The summed E-state index contributed by atoms with van der Waals surface area (Å²) in [5.41, 5.74) is -1.65. The first-order valence-corrected chi connectivity index (χ1v) is 12.1. The van der Waals surface area contributed by atoms with Gasteiger partial charge in [0, 0.05) is 31.2 Å². The number of hydrogen-bond donors (Lipinski definition) is 2. The van der Waals surface area contributed by atoms with Crippen LogP contribution in [0.4, 0.5) is 23.8 Å². The molecule has 196 valence electrons. The molecule has 3 rings (SSSR count). The lowest BCUT2D eigenvalue weighted by Crippen LogP contribution is -2.52. The second kappa shape index (κ2) is 9.85. The number of anilines is 1. The zero-order valence-corrected chi connectivity index (χ0v) is 21.3. The van der Waals surface area contributed by atoms with Crippen molar-refractivity contribution in [1.29, 1.82) is 0 Å². The minimum atomic E-state index is -4.42. The highest BCUT2D eigenvalue weighted by atomic mass is 19.4. The molecule has 2 heterocycles. The molecular formula is C25H37F3N4O3. The molecule has 2 aliphatic rings. The monoisotopic (exact) mass is 498 g/mol. The molecule has 1 saturated heterocycles. The van der Waals surface area contributed by atoms with E-state index in [1.165, 1.54) is 6.07 Å². The van der Waals surface area contributed by atoms with E-state index in [1.807, 2.05) is 25.7 Å². The molecule has 1 aliphatic carbocycles. The Morgan fingerprint density at radius 2 is 1.80 bits per heavy atom. The maximum absolute atomic E-state index is 13.2. The number of nitrogens with one attached hydrogen (secondary N) is 2. The van der Waals surface area contributed by atoms with Gasteiger partial charge in [-0.15, -0.1) is 0 Å². The minimum Gasteiger partial charge on any atom is -0.444 e. The molecule has 1 aromatic rings. The lowest BCUT2D eigenvalue weighted by molar-refractivity contribution is -0.137. The van der Waals surface area contributed by atoms with Crippen molar-refractivity contribution >= 4 is 17.8 Å². The Hall–Kier alpha value is -2.52. The Labute approximate surface area is 205 Å². The third-order valence-corrected chi connectivity index (χ3v) is 6.41. The minimum absolute atomic E-state index is 0.0742. The van der Waals surface area contributed by atoms with E-state index < -0.39 is 29.5 Å². The molecule has 10 heteroatoms. The number of fused-ring (bicyclic) bond motifs is 1. The number of amides is 2. The van der Waals surface area contributed by atoms with Crippen molar-refractivity contribution in [2.24, 2.45) is 17.3 Å². The van der Waals surface area contributed by atoms with E-state index in [-0.39, 0.29) is 23.3 Å². The lowest BCUT2D eigenvalue weighted by atomic mass is 9.87. The van der Waals surface area contributed by atoms with Crippen LogP contribution in [0, 0.1) is 17.3 Å². The van der Waals surface area contributed by atoms with Crippen LogP contribution in [-0.4, -0.2) is 47.8 Å². The Balaban J connectivity index is 1.64. The number of hydrogen-bond acceptors (Lipinski definition) is 5. The molecule has 0 unspecified atom stereocenters. The van der Waals surface area contributed by atoms with Crippen LogP contribution in [-0.2, 0) is 15.7 Å². The molecular weight excluding hydrogens is 461 g/mol. The summed E-state index contributed by atoms with van der Waals surface area (Å²) < 4.78 is 43.9. The van der Waals surface area contributed by atoms with Crippen LogP contribution < -0.4 is 15.5 Å². The van der Waals surface area contributed by atoms with Gasteiger partial charge in [0.15, 0.2) is 0 Å². The number of carbonyl (C=O) groups is 2. The number of alkyl halides is 3. The summed E-state index contributed by atoms with van der Waals surface area (Å²) in [6, 6.07) is 1.64. The summed E-state index contributed by atoms with van der Waals surface area (Å²) in [4.78, 5) is 31.6. The van der Waals surface area contributed by atoms with Gasteiger partial charge in [-0.1, -0.05) is 20.8 Å². The maximum Gasteiger partial charge on any atom is 0.417 e. The zero-order chi connectivity index (χ0) is 26.2. The fraction of sp³-hybridized carbons (Fsp3) is 0.720. The SMILES string of the molecule is CC(C)(C)C[C@H](NC(=O)OC(C)(C)C)C(=O)N[C@H]1CC[C@@H]2CN(c3ccc(C(F)(F)F)cn3)C[C@@H]21. The molecule has 7 nitrogen and oxygen atoms in total. The molecule has 0 bridgehead atoms. The number of pyridine rings is 1. The highest BCUT2D eigenvalue weighted by Gasteiger charge is 2.44. The first kappa shape index (κ1) is 27.1. The molecule has 2 fully saturated rings. The first-order chi connectivity index (χ1) is 16.0. The summed E-state index contributed by atoms with van der Waals surface area (Å²) in [5, 5.41) is 5.87. The smallest absolute Gasteiger partial charge is 0.417 e. The van der Waals surface area contributed by atoms with Gasteiger partial charge in [-0.3, -0.25) is 4.79 Å². The van der Waals surface area contributed by atoms with E-state index in [0.717, 1.165) is 25.1 Å². The molecule has 0 radical (unpaired) electrons. The van der Waals surface area contributed by atoms with Crippen LogP contribution in [0.5, 0.6) is 0 Å². The van der Waals surface area contributed by atoms with Gasteiger partial charge in [-0.2, -0.15) is 13.2 Å². The van der Waals surface area contributed by atoms with E-state index in [2.05, 4.69) is 15.6 Å². The highest BCUT2D eigenvalue weighted by molar-refractivity contribution is 5.86. The molecule has 0 spiro atoms. The number of nitrogens with zero attached hydrogens (tertiary/aromatic N) is 2. The highest BCUT2D eigenvalue weighted by Crippen LogP contribution is 2.40. The van der Waals surface area contributed by atoms with E-state index in [1.54, 1.807) is 20.8 Å². The maximum atomic E-state index is 13.2. The van der Waals surface area contributed by atoms with E-state index in [0.29, 0.717) is 31.2 Å². The summed E-state index contributed by atoms with van der Waals surface area (Å²) in [6.45, 7) is 12.6. The van der Waals surface area contributed by atoms with Gasteiger partial charge in [0.05, 0.1) is 5.56 Å². The van der Waals surface area contributed by atoms with Crippen molar-refractivity contribution in [2.45, 2.75) is 84.7 Å². The predicted molar refractivity (Wildman–Crippen MR) is 127 cm³/mol. The largest absolute Gasteiger partial charge is 0.444 e. The first-order valence-electron chi connectivity index (χ1n) is 12.1. The standard InChI is InChI=1S/C25H37F3N4O3/c1-23(2,3)11-19(31-22(34)35-24(4,5)6)21(33)30-18-9-7-15-13-32(14-17(15)18)20-10-8-16(12-29-20)25(26,27)28/h8,10,12,15,17-19H,7,9,11,13-14H2,1-6H3,(H,30,33)(H,31,34)/t15-,17+,18+,19+/m1/s1. The van der Waals surface area contributed by atoms with E-state index in [4.69, 9.17) is 4.74 Å². The van der Waals surface area contributed by atoms with Crippen LogP contribution in [0.1, 0.15) is 66.4 Å². The van der Waals surface area contributed by atoms with E-state index in [9.17, 15) is 22.8 Å². The second-order valence-electron chi connectivity index (χ2n) is 11.9. The normalized spacial score (nSPS) is 23.6. The molecule has 35 heavy (non-hydrogen) atoms. The number of carbonyl (C=O) groups excluding carboxylic acids is 2. The Morgan fingerprint density at radius 3 is 2.34 bits per heavy atom. The number of ether oxygens (including phenoxy) is 1. The molecule has 4 atom stereocenters. The van der Waals surface area contributed by atoms with Gasteiger partial charge < -0.3 is 20.3 Å². The van der Waals surface area contributed by atoms with Crippen molar-refractivity contribution in [2.75, 3.05) is 18.0 Å². The average molecular weight is 499 g/mol. The molecule has 1 saturated carbocycles. The Morgan fingerprint density at radius 1 is 1.11 bits per heavy atom. The topological polar surface area (TPSA) is 83.6 Å². The fourth-order valence-electron chi connectivity index (χ4n) is 4.93. The average Bonchev–Trinajstić information content (AvgIpc) is 3.26. The van der Waals surface area contributed by atoms with Crippen LogP contribution in [0.3, 0.4) is 0 Å². The summed E-state index contributed by atoms with van der Waals surface area (Å²) in [6.07, 6.45) is -2.01. The summed E-state index contributed by atoms with van der Waals surface area (Å²) in [5.74, 6) is 0.751. The molecule has 2 N–H and O–H groups in total. The number of aromatic nitrogens is 1. The van der Waals surface area contributed by atoms with Crippen molar-refractivity contribution < 1.29 is 27.5 Å². The van der Waals surface area contributed by atoms with Crippen molar-refractivity contribution in [3.63, 3.8) is 0 Å². The summed E-state index contributed by atoms with van der Waals surface area (Å²) >= 11 is 0. The van der Waals surface area contributed by atoms with Crippen molar-refractivity contribution in [1.82, 2.24) is 15.6 Å². The predicted octanol–water partition coefficient (Wildman–Crippen LogP) is 4.76. The van der Waals surface area contributed by atoms with Crippen LogP contribution in [0.2, 0.25) is 0 Å². The third kappa shape index (κ3) is 7.48. The van der Waals surface area contributed by atoms with E-state index >= 15 is 0 Å². The number of alkyl carbamates (subject to hydrolysis) is 1. The van der Waals surface area contributed by atoms with Crippen molar-refractivity contribution in [3.8, 4) is 0 Å². The van der Waals surface area contributed by atoms with Gasteiger partial charge in [-0.05, 0) is 63.5 Å². The van der Waals surface area contributed by atoms with Gasteiger partial charge in [0.25, 0.3) is 0 Å². The third-order valence-electron chi connectivity index (χ3n) is 6.41. The Kier molecular flexibility index (Phi) is 7.62. The summed E-state index contributed by atoms with van der Waals surface area (Å²) in [7, 11) is 0. The number of halogens is 3. The number of rotatable bonds is 5. The van der Waals surface area contributed by atoms with Crippen LogP contribution >= 0.6 is 0 Å². The molecule has 1 aliphatic heterocycles. The Bertz CT molecular complexity index is 907. The zero-order valence-electron chi connectivity index (χ0n) is 21.3. The molecule has 2 amide bonds. The quantitative estimate of drug-likeness (QED) is 0.612. The fourth-order valence-corrected chi connectivity index (χ4v) is 4.93. The van der Waals surface area contributed by atoms with Gasteiger partial charge in [0.2, 0.25) is 5.91 Å². The van der Waals surface area contributed by atoms with Gasteiger partial charge in [0.1, 0.15) is 17.5 Å². The molecule has 1 aromatic heterocycles. The van der Waals surface area contributed by atoms with Gasteiger partial charge in [-0.25, -0.2) is 9.78 Å².